The fourth-order valence-corrected chi connectivity index (χ4v) is 9.87. The number of nitrogens with one attached hydrogen (secondary N) is 1. The fraction of sp³-hybridized carbons (Fsp3) is 0.695. The molecule has 0 aliphatic carbocycles. The minimum Gasteiger partial charge on any atom is -0.420 e. The first-order valence-corrected chi connectivity index (χ1v) is 29.7. The Labute approximate surface area is 497 Å². The molecule has 2 aromatic carbocycles. The minimum absolute atomic E-state index is 0.0202. The molecule has 2 aromatic heterocycles. The van der Waals surface area contributed by atoms with Crippen LogP contribution in [0.25, 0.3) is 0 Å². The summed E-state index contributed by atoms with van der Waals surface area (Å²) in [5.74, 6) is -3.17. The first-order valence-electron chi connectivity index (χ1n) is 29.7. The second-order valence-electron chi connectivity index (χ2n) is 20.6. The zero-order valence-corrected chi connectivity index (χ0v) is 49.7. The molecule has 2 aliphatic heterocycles. The number of piperidine rings is 1. The van der Waals surface area contributed by atoms with Gasteiger partial charge in [-0.3, -0.25) is 14.5 Å². The molecule has 2 aliphatic rings. The molecule has 2 fully saturated rings. The van der Waals surface area contributed by atoms with Crippen LogP contribution >= 0.6 is 0 Å². The topological polar surface area (TPSA) is 231 Å². The number of esters is 1. The van der Waals surface area contributed by atoms with Gasteiger partial charge in [-0.1, -0.05) is 49.4 Å². The largest absolute Gasteiger partial charge is 0.420 e. The Kier molecular flexibility index (Phi) is 33.4. The van der Waals surface area contributed by atoms with E-state index >= 15 is 0 Å². The van der Waals surface area contributed by atoms with Crippen molar-refractivity contribution in [2.45, 2.75) is 109 Å². The van der Waals surface area contributed by atoms with Crippen LogP contribution in [0.1, 0.15) is 99.7 Å². The number of nitrogens with zero attached hydrogens (tertiary/aromatic N) is 7. The molecule has 1 N–H and O–H groups in total. The van der Waals surface area contributed by atoms with Crippen molar-refractivity contribution >= 4 is 11.9 Å². The van der Waals surface area contributed by atoms with Crippen molar-refractivity contribution in [1.82, 2.24) is 40.0 Å². The van der Waals surface area contributed by atoms with Gasteiger partial charge in [-0.2, -0.15) is 0 Å². The highest BCUT2D eigenvalue weighted by Crippen LogP contribution is 2.42. The van der Waals surface area contributed by atoms with Crippen LogP contribution in [-0.4, -0.2) is 217 Å². The van der Waals surface area contributed by atoms with E-state index < -0.39 is 29.2 Å². The third kappa shape index (κ3) is 26.8. The van der Waals surface area contributed by atoms with Gasteiger partial charge in [0.25, 0.3) is 0 Å². The van der Waals surface area contributed by atoms with E-state index in [4.69, 9.17) is 56.8 Å². The summed E-state index contributed by atoms with van der Waals surface area (Å²) in [6.07, 6.45) is 7.35. The molecule has 3 atom stereocenters. The van der Waals surface area contributed by atoms with Gasteiger partial charge in [0.05, 0.1) is 184 Å². The van der Waals surface area contributed by atoms with Crippen molar-refractivity contribution in [2.75, 3.05) is 159 Å². The van der Waals surface area contributed by atoms with Crippen molar-refractivity contribution in [3.05, 3.63) is 89.0 Å². The first-order chi connectivity index (χ1) is 41.5. The molecule has 4 heterocycles. The standard InChI is InChI=1S/C59H89F3N8O15/c1-45(2)59-66-64-46(3)70(59)52-41-50-9-10-51(42-52)69(50)14-11-55(47-7-5-4-6-8-47)63-56(71)12-16-73-19-22-76-35-36-83-37-38-84-44-49-43-68(67-65-49)15-18-75-21-24-78-26-28-80-30-32-82-34-33-81-31-29-79-27-25-77-23-20-74-17-13-57(72)85-58-53(61)39-48(60)40-54(58)62/h4-8,39-40,43,45,50-52,55H,9-38,41-42,44H2,1-3H3,(H,63,71)/t50?,51?,52?,55-/m0/s1. The Morgan fingerprint density at radius 2 is 1.05 bits per heavy atom. The molecule has 0 radical (unpaired) electrons. The average molecular weight is 1210 g/mol. The third-order valence-electron chi connectivity index (χ3n) is 14.0. The van der Waals surface area contributed by atoms with Crippen LogP contribution in [0.15, 0.2) is 48.7 Å². The van der Waals surface area contributed by atoms with Crippen molar-refractivity contribution in [3.8, 4) is 5.75 Å². The van der Waals surface area contributed by atoms with Gasteiger partial charge in [0.2, 0.25) is 11.7 Å². The van der Waals surface area contributed by atoms with E-state index in [1.165, 1.54) is 12.8 Å². The van der Waals surface area contributed by atoms with E-state index in [1.807, 2.05) is 24.4 Å². The molecule has 4 aromatic rings. The maximum Gasteiger partial charge on any atom is 0.313 e. The maximum atomic E-state index is 13.6. The van der Waals surface area contributed by atoms with E-state index in [0.29, 0.717) is 187 Å². The predicted octanol–water partition coefficient (Wildman–Crippen LogP) is 5.92. The van der Waals surface area contributed by atoms with E-state index in [2.05, 4.69) is 72.9 Å². The lowest BCUT2D eigenvalue weighted by atomic mass is 9.95. The van der Waals surface area contributed by atoms with Crippen LogP contribution in [0.2, 0.25) is 0 Å². The second kappa shape index (κ2) is 41.1. The zero-order chi connectivity index (χ0) is 60.1. The third-order valence-corrected chi connectivity index (χ3v) is 14.0. The zero-order valence-electron chi connectivity index (χ0n) is 49.7. The summed E-state index contributed by atoms with van der Waals surface area (Å²) < 4.78 is 115. The monoisotopic (exact) mass is 1210 g/mol. The van der Waals surface area contributed by atoms with Crippen LogP contribution in [-0.2, 0) is 79.6 Å². The van der Waals surface area contributed by atoms with Gasteiger partial charge < -0.3 is 71.5 Å². The predicted molar refractivity (Wildman–Crippen MR) is 302 cm³/mol. The van der Waals surface area contributed by atoms with Crippen LogP contribution < -0.4 is 10.1 Å². The van der Waals surface area contributed by atoms with Crippen molar-refractivity contribution < 1.29 is 84.3 Å². The summed E-state index contributed by atoms with van der Waals surface area (Å²) in [4.78, 5) is 27.6. The summed E-state index contributed by atoms with van der Waals surface area (Å²) in [5.41, 5.74) is 1.83. The Morgan fingerprint density at radius 1 is 0.576 bits per heavy atom. The number of carbonyl (C=O) groups excluding carboxylic acids is 2. The van der Waals surface area contributed by atoms with E-state index in [-0.39, 0.29) is 44.6 Å². The molecule has 0 saturated carbocycles. The van der Waals surface area contributed by atoms with Gasteiger partial charge in [-0.05, 0) is 44.6 Å². The number of fused-ring (bicyclic) bond motifs is 2. The fourth-order valence-electron chi connectivity index (χ4n) is 9.87. The number of ether oxygens (including phenoxy) is 13. The number of hydrogen-bond acceptors (Lipinski definition) is 20. The highest BCUT2D eigenvalue weighted by Gasteiger charge is 2.42. The van der Waals surface area contributed by atoms with Crippen LogP contribution in [0.5, 0.6) is 5.75 Å². The second-order valence-corrected chi connectivity index (χ2v) is 20.6. The lowest BCUT2D eigenvalue weighted by Crippen LogP contribution is -2.45. The number of aromatic nitrogens is 6. The number of rotatable bonds is 49. The van der Waals surface area contributed by atoms with Crippen LogP contribution in [0.4, 0.5) is 13.2 Å². The molecular formula is C59H89F3N8O15. The van der Waals surface area contributed by atoms with Gasteiger partial charge in [0.15, 0.2) is 11.6 Å². The van der Waals surface area contributed by atoms with Gasteiger partial charge in [0.1, 0.15) is 23.2 Å². The summed E-state index contributed by atoms with van der Waals surface area (Å²) in [6.45, 7) is 16.9. The Bertz CT molecular complexity index is 2410. The molecule has 1 amide bonds. The molecule has 0 spiro atoms. The van der Waals surface area contributed by atoms with Crippen LogP contribution in [0, 0.1) is 24.4 Å². The normalized spacial score (nSPS) is 16.4. The lowest BCUT2D eigenvalue weighted by Gasteiger charge is -2.40. The maximum absolute atomic E-state index is 13.6. The number of amides is 1. The molecule has 26 heteroatoms. The summed E-state index contributed by atoms with van der Waals surface area (Å²) >= 11 is 0. The van der Waals surface area contributed by atoms with Crippen molar-refractivity contribution in [1.29, 1.82) is 0 Å². The minimum atomic E-state index is -1.30. The van der Waals surface area contributed by atoms with Crippen LogP contribution in [0.3, 0.4) is 0 Å². The number of aryl methyl sites for hydroxylation is 1. The van der Waals surface area contributed by atoms with E-state index in [9.17, 15) is 22.8 Å². The van der Waals surface area contributed by atoms with Crippen molar-refractivity contribution in [2.24, 2.45) is 0 Å². The smallest absolute Gasteiger partial charge is 0.313 e. The average Bonchev–Trinajstić information content (AvgIpc) is 4.35. The highest BCUT2D eigenvalue weighted by atomic mass is 19.1. The van der Waals surface area contributed by atoms with Gasteiger partial charge in [0, 0.05) is 49.1 Å². The lowest BCUT2D eigenvalue weighted by molar-refractivity contribution is -0.136. The van der Waals surface area contributed by atoms with E-state index in [1.54, 1.807) is 4.68 Å². The number of benzene rings is 2. The molecular weight excluding hydrogens is 1120 g/mol. The van der Waals surface area contributed by atoms with Crippen molar-refractivity contribution in [3.63, 3.8) is 0 Å². The summed E-state index contributed by atoms with van der Waals surface area (Å²) in [6, 6.07) is 12.5. The number of carbonyl (C=O) groups is 2. The van der Waals surface area contributed by atoms with E-state index in [0.717, 1.165) is 43.0 Å². The van der Waals surface area contributed by atoms with Gasteiger partial charge >= 0.3 is 5.97 Å². The Morgan fingerprint density at radius 3 is 1.55 bits per heavy atom. The SMILES string of the molecule is Cc1nnc(C(C)C)n1C1CC2CCC(C1)N2CC[C@H](NC(=O)CCOCCOCCOCCOCc1cn(CCOCCOCCOCCOCCOCCOCCOCCOCCC(=O)Oc2c(F)cc(F)cc2F)nn1)c1ccccc1. The Hall–Kier alpha value is -5.07. The highest BCUT2D eigenvalue weighted by molar-refractivity contribution is 5.76. The summed E-state index contributed by atoms with van der Waals surface area (Å²) in [5, 5.41) is 20.5. The Balaban J connectivity index is 0.635. The molecule has 85 heavy (non-hydrogen) atoms. The van der Waals surface area contributed by atoms with Gasteiger partial charge in [-0.25, -0.2) is 17.9 Å². The summed E-state index contributed by atoms with van der Waals surface area (Å²) in [7, 11) is 0. The quantitative estimate of drug-likeness (QED) is 0.0307. The molecule has 2 saturated heterocycles. The first kappa shape index (κ1) is 69.0. The van der Waals surface area contributed by atoms with Gasteiger partial charge in [-0.15, -0.1) is 15.3 Å². The molecule has 6 rings (SSSR count). The molecule has 476 valence electrons. The number of halogens is 3. The molecule has 2 unspecified atom stereocenters. The number of hydrogen-bond donors (Lipinski definition) is 1. The molecule has 2 bridgehead atoms. The molecule has 23 nitrogen and oxygen atoms in total.